The number of pyridine rings is 1. The van der Waals surface area contributed by atoms with Crippen molar-refractivity contribution in [1.29, 1.82) is 0 Å². The van der Waals surface area contributed by atoms with Gasteiger partial charge in [-0.2, -0.15) is 0 Å². The first-order valence-electron chi connectivity index (χ1n) is 10.9. The third kappa shape index (κ3) is 4.47. The molecule has 0 bridgehead atoms. The maximum atomic E-state index is 13.5. The molecule has 1 N–H and O–H groups in total. The number of nitrogens with one attached hydrogen (secondary N) is 1. The summed E-state index contributed by atoms with van der Waals surface area (Å²) in [5, 5.41) is 4.04. The van der Waals surface area contributed by atoms with E-state index in [1.165, 1.54) is 10.7 Å². The summed E-state index contributed by atoms with van der Waals surface area (Å²) in [6.45, 7) is 6.34. The topological polar surface area (TPSA) is 72.3 Å². The van der Waals surface area contributed by atoms with Gasteiger partial charge in [0.25, 0.3) is 11.1 Å². The lowest BCUT2D eigenvalue weighted by Crippen LogP contribution is -2.30. The van der Waals surface area contributed by atoms with E-state index >= 15 is 0 Å². The average Bonchev–Trinajstić information content (AvgIpc) is 3.14. The van der Waals surface area contributed by atoms with E-state index in [0.29, 0.717) is 46.9 Å². The van der Waals surface area contributed by atoms with Crippen LogP contribution in [0.3, 0.4) is 0 Å². The van der Waals surface area contributed by atoms with Crippen LogP contribution in [0.15, 0.2) is 64.2 Å². The van der Waals surface area contributed by atoms with Crippen molar-refractivity contribution in [3.05, 3.63) is 91.6 Å². The van der Waals surface area contributed by atoms with Crippen LogP contribution in [0, 0.1) is 0 Å². The Morgan fingerprint density at radius 1 is 1.03 bits per heavy atom. The fourth-order valence-electron chi connectivity index (χ4n) is 4.10. The van der Waals surface area contributed by atoms with E-state index in [2.05, 4.69) is 16.9 Å². The normalized spacial score (nSPS) is 11.4. The molecule has 0 fully saturated rings. The van der Waals surface area contributed by atoms with Crippen molar-refractivity contribution in [1.82, 2.24) is 19.2 Å². The molecule has 0 atom stereocenters. The SMILES string of the molecule is CCN(Cc1ccc(OC)cc1)Cc1c2c(=O)n(-c3ccccc3Cl)[nH]c2cc(=O)n1CC. The van der Waals surface area contributed by atoms with Crippen LogP contribution in [0.25, 0.3) is 16.6 Å². The largest absolute Gasteiger partial charge is 0.497 e. The maximum Gasteiger partial charge on any atom is 0.280 e. The molecule has 0 saturated heterocycles. The molecular formula is C25H27ClN4O3. The molecule has 0 aliphatic rings. The second-order valence-corrected chi connectivity index (χ2v) is 8.22. The number of aromatic nitrogens is 3. The van der Waals surface area contributed by atoms with Gasteiger partial charge in [0.15, 0.2) is 0 Å². The molecule has 0 unspecified atom stereocenters. The van der Waals surface area contributed by atoms with Crippen molar-refractivity contribution in [2.45, 2.75) is 33.5 Å². The molecule has 4 rings (SSSR count). The van der Waals surface area contributed by atoms with Gasteiger partial charge in [-0.25, -0.2) is 4.68 Å². The Morgan fingerprint density at radius 3 is 2.39 bits per heavy atom. The van der Waals surface area contributed by atoms with Crippen molar-refractivity contribution in [3.8, 4) is 11.4 Å². The Labute approximate surface area is 196 Å². The van der Waals surface area contributed by atoms with Crippen LogP contribution in [-0.2, 0) is 19.6 Å². The van der Waals surface area contributed by atoms with Crippen molar-refractivity contribution in [3.63, 3.8) is 0 Å². The Kier molecular flexibility index (Phi) is 6.72. The van der Waals surface area contributed by atoms with Crippen LogP contribution in [-0.4, -0.2) is 32.9 Å². The van der Waals surface area contributed by atoms with E-state index in [0.717, 1.165) is 17.9 Å². The summed E-state index contributed by atoms with van der Waals surface area (Å²) in [6.07, 6.45) is 0. The zero-order valence-corrected chi connectivity index (χ0v) is 19.7. The van der Waals surface area contributed by atoms with Gasteiger partial charge in [0.05, 0.1) is 34.4 Å². The van der Waals surface area contributed by atoms with Gasteiger partial charge >= 0.3 is 0 Å². The molecule has 8 heteroatoms. The first-order chi connectivity index (χ1) is 16.0. The second-order valence-electron chi connectivity index (χ2n) is 7.82. The number of aromatic amines is 1. The van der Waals surface area contributed by atoms with Gasteiger partial charge in [0.2, 0.25) is 0 Å². The van der Waals surface area contributed by atoms with E-state index in [-0.39, 0.29) is 11.1 Å². The first-order valence-corrected chi connectivity index (χ1v) is 11.3. The van der Waals surface area contributed by atoms with Gasteiger partial charge in [-0.15, -0.1) is 0 Å². The molecular weight excluding hydrogens is 440 g/mol. The van der Waals surface area contributed by atoms with Gasteiger partial charge in [-0.05, 0) is 43.3 Å². The molecule has 0 amide bonds. The first kappa shape index (κ1) is 22.9. The van der Waals surface area contributed by atoms with Crippen LogP contribution in [0.4, 0.5) is 0 Å². The molecule has 0 saturated carbocycles. The van der Waals surface area contributed by atoms with Gasteiger partial charge in [0.1, 0.15) is 5.75 Å². The van der Waals surface area contributed by atoms with E-state index in [1.807, 2.05) is 43.3 Å². The van der Waals surface area contributed by atoms with E-state index in [1.54, 1.807) is 23.8 Å². The Hall–Kier alpha value is -3.29. The Balaban J connectivity index is 1.80. The van der Waals surface area contributed by atoms with Crippen LogP contribution >= 0.6 is 11.6 Å². The lowest BCUT2D eigenvalue weighted by atomic mass is 10.1. The molecule has 2 aromatic heterocycles. The predicted octanol–water partition coefficient (Wildman–Crippen LogP) is 4.18. The number of halogens is 1. The summed E-state index contributed by atoms with van der Waals surface area (Å²) in [7, 11) is 1.64. The summed E-state index contributed by atoms with van der Waals surface area (Å²) in [5.41, 5.74) is 2.50. The van der Waals surface area contributed by atoms with Gasteiger partial charge in [-0.3, -0.25) is 19.6 Å². The highest BCUT2D eigenvalue weighted by molar-refractivity contribution is 6.32. The molecule has 2 aromatic carbocycles. The smallest absolute Gasteiger partial charge is 0.280 e. The maximum absolute atomic E-state index is 13.5. The number of benzene rings is 2. The fourth-order valence-corrected chi connectivity index (χ4v) is 4.32. The molecule has 7 nitrogen and oxygen atoms in total. The molecule has 0 aliphatic carbocycles. The molecule has 172 valence electrons. The van der Waals surface area contributed by atoms with Gasteiger partial charge < -0.3 is 9.30 Å². The number of hydrogen-bond acceptors (Lipinski definition) is 4. The third-order valence-corrected chi connectivity index (χ3v) is 6.18. The zero-order chi connectivity index (χ0) is 23.5. The minimum absolute atomic E-state index is 0.145. The van der Waals surface area contributed by atoms with Crippen LogP contribution in [0.2, 0.25) is 5.02 Å². The van der Waals surface area contributed by atoms with Crippen LogP contribution < -0.4 is 15.9 Å². The fraction of sp³-hybridized carbons (Fsp3) is 0.280. The summed E-state index contributed by atoms with van der Waals surface area (Å²) in [4.78, 5) is 28.6. The van der Waals surface area contributed by atoms with E-state index in [9.17, 15) is 9.59 Å². The number of para-hydroxylation sites is 1. The Bertz CT molecular complexity index is 1390. The minimum Gasteiger partial charge on any atom is -0.497 e. The number of methoxy groups -OCH3 is 1. The highest BCUT2D eigenvalue weighted by Gasteiger charge is 2.20. The number of fused-ring (bicyclic) bond motifs is 1. The molecule has 4 aromatic rings. The molecule has 0 radical (unpaired) electrons. The summed E-state index contributed by atoms with van der Waals surface area (Å²) >= 11 is 6.34. The molecule has 0 aliphatic heterocycles. The summed E-state index contributed by atoms with van der Waals surface area (Å²) < 4.78 is 8.33. The standard InChI is InChI=1S/C25H27ClN4O3/c1-4-28(15-17-10-12-18(33-3)13-11-17)16-22-24-20(14-23(31)29(22)5-2)27-30(25(24)32)21-9-7-6-8-19(21)26/h6-14,27H,4-5,15-16H2,1-3H3. The highest BCUT2D eigenvalue weighted by atomic mass is 35.5. The number of hydrogen-bond donors (Lipinski definition) is 1. The minimum atomic E-state index is -0.226. The molecule has 2 heterocycles. The van der Waals surface area contributed by atoms with Crippen LogP contribution in [0.5, 0.6) is 5.75 Å². The third-order valence-electron chi connectivity index (χ3n) is 5.86. The second kappa shape index (κ2) is 9.68. The lowest BCUT2D eigenvalue weighted by Gasteiger charge is -2.23. The Morgan fingerprint density at radius 2 is 1.76 bits per heavy atom. The summed E-state index contributed by atoms with van der Waals surface area (Å²) in [6, 6.07) is 16.5. The lowest BCUT2D eigenvalue weighted by molar-refractivity contribution is 0.264. The van der Waals surface area contributed by atoms with E-state index < -0.39 is 0 Å². The summed E-state index contributed by atoms with van der Waals surface area (Å²) in [5.74, 6) is 0.804. The van der Waals surface area contributed by atoms with Gasteiger partial charge in [0, 0.05) is 25.7 Å². The zero-order valence-electron chi connectivity index (χ0n) is 19.0. The average molecular weight is 467 g/mol. The van der Waals surface area contributed by atoms with Crippen molar-refractivity contribution < 1.29 is 4.74 Å². The highest BCUT2D eigenvalue weighted by Crippen LogP contribution is 2.22. The molecule has 0 spiro atoms. The molecule has 33 heavy (non-hydrogen) atoms. The monoisotopic (exact) mass is 466 g/mol. The van der Waals surface area contributed by atoms with Crippen molar-refractivity contribution >= 4 is 22.5 Å². The van der Waals surface area contributed by atoms with Crippen LogP contribution in [0.1, 0.15) is 25.1 Å². The number of ether oxygens (including phenoxy) is 1. The van der Waals surface area contributed by atoms with Crippen molar-refractivity contribution in [2.24, 2.45) is 0 Å². The number of nitrogens with zero attached hydrogens (tertiary/aromatic N) is 3. The van der Waals surface area contributed by atoms with E-state index in [4.69, 9.17) is 16.3 Å². The number of rotatable bonds is 8. The van der Waals surface area contributed by atoms with Crippen molar-refractivity contribution in [2.75, 3.05) is 13.7 Å². The quantitative estimate of drug-likeness (QED) is 0.422. The predicted molar refractivity (Wildman–Crippen MR) is 132 cm³/mol. The number of H-pyrrole nitrogens is 1. The van der Waals surface area contributed by atoms with Gasteiger partial charge in [-0.1, -0.05) is 42.8 Å².